The number of hydrogen-bond donors (Lipinski definition) is 1. The Morgan fingerprint density at radius 2 is 1.86 bits per heavy atom. The molecule has 3 rings (SSSR count). The van der Waals surface area contributed by atoms with E-state index in [0.717, 1.165) is 25.1 Å². The Labute approximate surface area is 166 Å². The minimum atomic E-state index is -3.25. The van der Waals surface area contributed by atoms with E-state index in [9.17, 15) is 13.2 Å². The maximum Gasteiger partial charge on any atom is 0.252 e. The van der Waals surface area contributed by atoms with Crippen LogP contribution in [0.3, 0.4) is 0 Å². The Bertz CT molecular complexity index is 988. The lowest BCUT2D eigenvalue weighted by Crippen LogP contribution is -2.39. The standard InChI is InChI=1S/C21H28N2O4S/c1-21(2,3)23-10-9-15(13-23)14-27-17-11-19(22-20(24)12-17)16-5-7-18(8-6-16)28(4,25)26/h5-8,11-12,15H,9-10,13-14H2,1-4H3,(H,22,24). The highest BCUT2D eigenvalue weighted by molar-refractivity contribution is 7.90. The fraction of sp³-hybridized carbons (Fsp3) is 0.476. The first-order valence-electron chi connectivity index (χ1n) is 9.45. The van der Waals surface area contributed by atoms with Gasteiger partial charge in [0.25, 0.3) is 5.56 Å². The van der Waals surface area contributed by atoms with E-state index < -0.39 is 9.84 Å². The highest BCUT2D eigenvalue weighted by Crippen LogP contribution is 2.26. The van der Waals surface area contributed by atoms with Crippen molar-refractivity contribution in [3.63, 3.8) is 0 Å². The van der Waals surface area contributed by atoms with E-state index in [0.29, 0.717) is 24.0 Å². The molecule has 1 aromatic heterocycles. The van der Waals surface area contributed by atoms with Gasteiger partial charge in [-0.25, -0.2) is 8.42 Å². The van der Waals surface area contributed by atoms with Crippen LogP contribution in [0.25, 0.3) is 11.3 Å². The Balaban J connectivity index is 1.71. The lowest BCUT2D eigenvalue weighted by Gasteiger charge is -2.31. The number of nitrogens with one attached hydrogen (secondary N) is 1. The predicted octanol–water partition coefficient (Wildman–Crippen LogP) is 2.94. The fourth-order valence-electron chi connectivity index (χ4n) is 3.43. The van der Waals surface area contributed by atoms with Crippen molar-refractivity contribution in [2.24, 2.45) is 5.92 Å². The molecule has 0 radical (unpaired) electrons. The molecule has 2 aromatic rings. The van der Waals surface area contributed by atoms with Crippen molar-refractivity contribution in [3.8, 4) is 17.0 Å². The highest BCUT2D eigenvalue weighted by atomic mass is 32.2. The van der Waals surface area contributed by atoms with E-state index in [2.05, 4.69) is 30.7 Å². The molecule has 1 aromatic carbocycles. The predicted molar refractivity (Wildman–Crippen MR) is 111 cm³/mol. The lowest BCUT2D eigenvalue weighted by atomic mass is 10.1. The molecule has 0 aliphatic carbocycles. The first kappa shape index (κ1) is 20.6. The second-order valence-corrected chi connectivity index (χ2v) is 10.5. The van der Waals surface area contributed by atoms with Gasteiger partial charge in [0.05, 0.1) is 17.2 Å². The van der Waals surface area contributed by atoms with Crippen molar-refractivity contribution < 1.29 is 13.2 Å². The number of nitrogens with zero attached hydrogens (tertiary/aromatic N) is 1. The zero-order valence-electron chi connectivity index (χ0n) is 16.9. The summed E-state index contributed by atoms with van der Waals surface area (Å²) in [6.45, 7) is 9.27. The van der Waals surface area contributed by atoms with Gasteiger partial charge in [0.1, 0.15) is 5.75 Å². The number of pyridine rings is 1. The molecule has 0 spiro atoms. The number of H-pyrrole nitrogens is 1. The van der Waals surface area contributed by atoms with Crippen LogP contribution in [-0.2, 0) is 9.84 Å². The Hall–Kier alpha value is -2.12. The van der Waals surface area contributed by atoms with Crippen molar-refractivity contribution in [1.82, 2.24) is 9.88 Å². The summed E-state index contributed by atoms with van der Waals surface area (Å²) in [6.07, 6.45) is 2.25. The second-order valence-electron chi connectivity index (χ2n) is 8.47. The maximum absolute atomic E-state index is 12.1. The lowest BCUT2D eigenvalue weighted by molar-refractivity contribution is 0.158. The van der Waals surface area contributed by atoms with Crippen LogP contribution >= 0.6 is 0 Å². The minimum absolute atomic E-state index is 0.157. The third-order valence-corrected chi connectivity index (χ3v) is 6.26. The van der Waals surface area contributed by atoms with E-state index in [-0.39, 0.29) is 16.0 Å². The molecule has 1 N–H and O–H groups in total. The molecule has 1 atom stereocenters. The molecule has 1 aliphatic rings. The number of aromatic amines is 1. The van der Waals surface area contributed by atoms with Crippen LogP contribution in [-0.4, -0.2) is 49.8 Å². The van der Waals surface area contributed by atoms with Crippen LogP contribution in [0.2, 0.25) is 0 Å². The van der Waals surface area contributed by atoms with Crippen LogP contribution < -0.4 is 10.3 Å². The molecule has 0 saturated carbocycles. The quantitative estimate of drug-likeness (QED) is 0.829. The topological polar surface area (TPSA) is 79.5 Å². The SMILES string of the molecule is CC(C)(C)N1CCC(COc2cc(-c3ccc(S(C)(=O)=O)cc3)[nH]c(=O)c2)C1. The zero-order chi connectivity index (χ0) is 20.5. The number of ether oxygens (including phenoxy) is 1. The molecule has 1 unspecified atom stereocenters. The Morgan fingerprint density at radius 3 is 2.43 bits per heavy atom. The minimum Gasteiger partial charge on any atom is -0.493 e. The van der Waals surface area contributed by atoms with E-state index in [1.54, 1.807) is 18.2 Å². The van der Waals surface area contributed by atoms with E-state index in [1.807, 2.05) is 0 Å². The van der Waals surface area contributed by atoms with Gasteiger partial charge in [-0.05, 0) is 51.4 Å². The third kappa shape index (κ3) is 5.02. The van der Waals surface area contributed by atoms with Gasteiger partial charge < -0.3 is 9.72 Å². The summed E-state index contributed by atoms with van der Waals surface area (Å²) in [7, 11) is -3.25. The molecule has 28 heavy (non-hydrogen) atoms. The van der Waals surface area contributed by atoms with Crippen molar-refractivity contribution in [2.45, 2.75) is 37.6 Å². The second kappa shape index (κ2) is 7.72. The summed E-state index contributed by atoms with van der Waals surface area (Å²) < 4.78 is 29.1. The number of sulfone groups is 1. The van der Waals surface area contributed by atoms with Gasteiger partial charge in [0, 0.05) is 36.4 Å². The molecule has 1 aliphatic heterocycles. The van der Waals surface area contributed by atoms with Gasteiger partial charge in [-0.3, -0.25) is 9.69 Å². The molecular weight excluding hydrogens is 376 g/mol. The van der Waals surface area contributed by atoms with E-state index in [1.165, 1.54) is 24.5 Å². The number of aromatic nitrogens is 1. The zero-order valence-corrected chi connectivity index (χ0v) is 17.7. The Morgan fingerprint density at radius 1 is 1.18 bits per heavy atom. The molecule has 0 amide bonds. The molecule has 1 fully saturated rings. The van der Waals surface area contributed by atoms with Gasteiger partial charge in [0.2, 0.25) is 0 Å². The molecule has 152 valence electrons. The summed E-state index contributed by atoms with van der Waals surface area (Å²) >= 11 is 0. The normalized spacial score (nSPS) is 18.4. The van der Waals surface area contributed by atoms with Gasteiger partial charge in [-0.2, -0.15) is 0 Å². The highest BCUT2D eigenvalue weighted by Gasteiger charge is 2.30. The number of likely N-dealkylation sites (tertiary alicyclic amines) is 1. The number of rotatable bonds is 5. The molecule has 2 heterocycles. The maximum atomic E-state index is 12.1. The van der Waals surface area contributed by atoms with Crippen LogP contribution in [0.15, 0.2) is 46.1 Å². The largest absolute Gasteiger partial charge is 0.493 e. The molecule has 7 heteroatoms. The average Bonchev–Trinajstić information content (AvgIpc) is 3.08. The van der Waals surface area contributed by atoms with Gasteiger partial charge in [-0.15, -0.1) is 0 Å². The summed E-state index contributed by atoms with van der Waals surface area (Å²) in [6, 6.07) is 9.68. The van der Waals surface area contributed by atoms with Crippen molar-refractivity contribution >= 4 is 9.84 Å². The molecule has 0 bridgehead atoms. The van der Waals surface area contributed by atoms with E-state index in [4.69, 9.17) is 4.74 Å². The number of hydrogen-bond acceptors (Lipinski definition) is 5. The summed E-state index contributed by atoms with van der Waals surface area (Å²) in [5, 5.41) is 0. The average molecular weight is 405 g/mol. The van der Waals surface area contributed by atoms with E-state index >= 15 is 0 Å². The van der Waals surface area contributed by atoms with Crippen molar-refractivity contribution in [3.05, 3.63) is 46.8 Å². The summed E-state index contributed by atoms with van der Waals surface area (Å²) in [5.74, 6) is 0.969. The molecule has 1 saturated heterocycles. The first-order chi connectivity index (χ1) is 13.0. The third-order valence-electron chi connectivity index (χ3n) is 5.13. The monoisotopic (exact) mass is 404 g/mol. The van der Waals surface area contributed by atoms with Gasteiger partial charge >= 0.3 is 0 Å². The van der Waals surface area contributed by atoms with Crippen LogP contribution in [0.4, 0.5) is 0 Å². The van der Waals surface area contributed by atoms with Crippen LogP contribution in [0, 0.1) is 5.92 Å². The van der Waals surface area contributed by atoms with Gasteiger partial charge in [0.15, 0.2) is 9.84 Å². The first-order valence-corrected chi connectivity index (χ1v) is 11.3. The Kier molecular flexibility index (Phi) is 5.68. The molecular formula is C21H28N2O4S. The van der Waals surface area contributed by atoms with Gasteiger partial charge in [-0.1, -0.05) is 12.1 Å². The summed E-state index contributed by atoms with van der Waals surface area (Å²) in [4.78, 5) is 17.5. The van der Waals surface area contributed by atoms with Crippen LogP contribution in [0.1, 0.15) is 27.2 Å². The fourth-order valence-corrected chi connectivity index (χ4v) is 4.06. The van der Waals surface area contributed by atoms with Crippen LogP contribution in [0.5, 0.6) is 5.75 Å². The number of benzene rings is 1. The molecule has 6 nitrogen and oxygen atoms in total. The smallest absolute Gasteiger partial charge is 0.252 e. The summed E-state index contributed by atoms with van der Waals surface area (Å²) in [5.41, 5.74) is 1.24. The van der Waals surface area contributed by atoms with Crippen molar-refractivity contribution in [1.29, 1.82) is 0 Å². The van der Waals surface area contributed by atoms with Crippen molar-refractivity contribution in [2.75, 3.05) is 26.0 Å².